The van der Waals surface area contributed by atoms with Crippen LogP contribution in [0.15, 0.2) is 46.8 Å². The molecule has 26 heavy (non-hydrogen) atoms. The van der Waals surface area contributed by atoms with Gasteiger partial charge in [-0.2, -0.15) is 0 Å². The van der Waals surface area contributed by atoms with Gasteiger partial charge in [0, 0.05) is 10.8 Å². The summed E-state index contributed by atoms with van der Waals surface area (Å²) in [6, 6.07) is 13.2. The van der Waals surface area contributed by atoms with E-state index in [9.17, 15) is 4.79 Å². The molecule has 0 aliphatic heterocycles. The van der Waals surface area contributed by atoms with Crippen LogP contribution in [0.5, 0.6) is 5.75 Å². The van der Waals surface area contributed by atoms with Crippen molar-refractivity contribution >= 4 is 45.7 Å². The third kappa shape index (κ3) is 4.75. The fourth-order valence-corrected chi connectivity index (χ4v) is 4.15. The van der Waals surface area contributed by atoms with Gasteiger partial charge in [0.15, 0.2) is 4.34 Å². The Labute approximate surface area is 164 Å². The number of carbonyl (C=O) groups excluding carboxylic acids is 1. The van der Waals surface area contributed by atoms with Crippen molar-refractivity contribution in [1.29, 1.82) is 0 Å². The minimum atomic E-state index is -0.337. The molecule has 0 atom stereocenters. The number of amides is 1. The number of thioether (sulfide) groups is 1. The zero-order valence-corrected chi connectivity index (χ0v) is 16.5. The molecule has 1 amide bonds. The molecule has 1 aromatic heterocycles. The van der Waals surface area contributed by atoms with Gasteiger partial charge in [0.25, 0.3) is 5.91 Å². The van der Waals surface area contributed by atoms with Crippen molar-refractivity contribution in [3.8, 4) is 5.75 Å². The first-order valence-electron chi connectivity index (χ1n) is 7.72. The van der Waals surface area contributed by atoms with Crippen LogP contribution in [0, 0.1) is 6.92 Å². The van der Waals surface area contributed by atoms with E-state index >= 15 is 0 Å². The molecular formula is C18H16ClN3O2S2. The SMILES string of the molecule is COc1ccc(Cl)cc1C(=O)Nc1nnc(SCc2cccc(C)c2)s1. The second-order valence-corrected chi connectivity index (χ2v) is 8.09. The van der Waals surface area contributed by atoms with Crippen LogP contribution in [0.25, 0.3) is 0 Å². The van der Waals surface area contributed by atoms with E-state index in [-0.39, 0.29) is 5.91 Å². The number of ether oxygens (including phenoxy) is 1. The Morgan fingerprint density at radius 2 is 2.12 bits per heavy atom. The topological polar surface area (TPSA) is 64.1 Å². The number of nitrogens with one attached hydrogen (secondary N) is 1. The first-order chi connectivity index (χ1) is 12.5. The van der Waals surface area contributed by atoms with E-state index in [1.165, 1.54) is 29.6 Å². The van der Waals surface area contributed by atoms with Crippen LogP contribution in [0.1, 0.15) is 21.5 Å². The van der Waals surface area contributed by atoms with Gasteiger partial charge in [0.05, 0.1) is 12.7 Å². The monoisotopic (exact) mass is 405 g/mol. The van der Waals surface area contributed by atoms with E-state index in [2.05, 4.69) is 40.6 Å². The fourth-order valence-electron chi connectivity index (χ4n) is 2.29. The smallest absolute Gasteiger partial charge is 0.261 e. The Morgan fingerprint density at radius 1 is 1.27 bits per heavy atom. The molecule has 0 unspecified atom stereocenters. The average Bonchev–Trinajstić information content (AvgIpc) is 3.07. The van der Waals surface area contributed by atoms with Gasteiger partial charge in [-0.3, -0.25) is 10.1 Å². The van der Waals surface area contributed by atoms with Crippen molar-refractivity contribution in [3.63, 3.8) is 0 Å². The van der Waals surface area contributed by atoms with Crippen LogP contribution >= 0.6 is 34.7 Å². The maximum absolute atomic E-state index is 12.5. The standard InChI is InChI=1S/C18H16ClN3O2S2/c1-11-4-3-5-12(8-11)10-25-18-22-21-17(26-18)20-16(23)14-9-13(19)6-7-15(14)24-2/h3-9H,10H2,1-2H3,(H,20,21,23). The third-order valence-corrected chi connectivity index (χ3v) is 5.76. The van der Waals surface area contributed by atoms with Crippen molar-refractivity contribution in [1.82, 2.24) is 10.2 Å². The van der Waals surface area contributed by atoms with Gasteiger partial charge < -0.3 is 4.74 Å². The predicted molar refractivity (Wildman–Crippen MR) is 107 cm³/mol. The summed E-state index contributed by atoms with van der Waals surface area (Å²) < 4.78 is 6.00. The first-order valence-corrected chi connectivity index (χ1v) is 9.90. The van der Waals surface area contributed by atoms with E-state index < -0.39 is 0 Å². The highest BCUT2D eigenvalue weighted by atomic mass is 35.5. The molecule has 0 bridgehead atoms. The van der Waals surface area contributed by atoms with Crippen molar-refractivity contribution in [2.45, 2.75) is 17.0 Å². The highest BCUT2D eigenvalue weighted by Gasteiger charge is 2.15. The minimum Gasteiger partial charge on any atom is -0.496 e. The molecule has 5 nitrogen and oxygen atoms in total. The summed E-state index contributed by atoms with van der Waals surface area (Å²) in [5, 5.41) is 11.8. The van der Waals surface area contributed by atoms with Crippen LogP contribution in [-0.2, 0) is 5.75 Å². The van der Waals surface area contributed by atoms with Crippen molar-refractivity contribution in [2.24, 2.45) is 0 Å². The molecule has 3 aromatic rings. The third-order valence-electron chi connectivity index (χ3n) is 3.48. The number of rotatable bonds is 6. The molecule has 0 saturated carbocycles. The molecule has 8 heteroatoms. The number of hydrogen-bond donors (Lipinski definition) is 1. The van der Waals surface area contributed by atoms with Gasteiger partial charge >= 0.3 is 0 Å². The number of carbonyl (C=O) groups is 1. The van der Waals surface area contributed by atoms with E-state index in [4.69, 9.17) is 16.3 Å². The highest BCUT2D eigenvalue weighted by Crippen LogP contribution is 2.29. The maximum Gasteiger partial charge on any atom is 0.261 e. The largest absolute Gasteiger partial charge is 0.496 e. The summed E-state index contributed by atoms with van der Waals surface area (Å²) in [4.78, 5) is 12.5. The summed E-state index contributed by atoms with van der Waals surface area (Å²) in [5.74, 6) is 0.910. The molecule has 1 N–H and O–H groups in total. The van der Waals surface area contributed by atoms with Crippen molar-refractivity contribution in [2.75, 3.05) is 12.4 Å². The van der Waals surface area contributed by atoms with Gasteiger partial charge in [0.1, 0.15) is 5.75 Å². The highest BCUT2D eigenvalue weighted by molar-refractivity contribution is 8.00. The second-order valence-electron chi connectivity index (χ2n) is 5.45. The molecular weight excluding hydrogens is 390 g/mol. The van der Waals surface area contributed by atoms with Gasteiger partial charge in [-0.25, -0.2) is 0 Å². The number of aryl methyl sites for hydroxylation is 1. The van der Waals surface area contributed by atoms with Crippen LogP contribution in [0.4, 0.5) is 5.13 Å². The van der Waals surface area contributed by atoms with E-state index in [1.54, 1.807) is 30.0 Å². The number of hydrogen-bond acceptors (Lipinski definition) is 6. The Balaban J connectivity index is 1.65. The predicted octanol–water partition coefficient (Wildman–Crippen LogP) is 5.05. The molecule has 1 heterocycles. The summed E-state index contributed by atoms with van der Waals surface area (Å²) in [6.07, 6.45) is 0. The number of aromatic nitrogens is 2. The van der Waals surface area contributed by atoms with Crippen LogP contribution in [0.2, 0.25) is 5.02 Å². The molecule has 0 spiro atoms. The lowest BCUT2D eigenvalue weighted by Gasteiger charge is -2.07. The zero-order chi connectivity index (χ0) is 18.5. The van der Waals surface area contributed by atoms with Gasteiger partial charge in [-0.05, 0) is 30.7 Å². The summed E-state index contributed by atoms with van der Waals surface area (Å²) in [7, 11) is 1.50. The van der Waals surface area contributed by atoms with E-state index in [0.29, 0.717) is 21.5 Å². The Bertz CT molecular complexity index is 930. The molecule has 0 aliphatic rings. The normalized spacial score (nSPS) is 10.6. The molecule has 2 aromatic carbocycles. The lowest BCUT2D eigenvalue weighted by Crippen LogP contribution is -2.13. The minimum absolute atomic E-state index is 0.337. The van der Waals surface area contributed by atoms with E-state index in [1.807, 2.05) is 6.07 Å². The lowest BCUT2D eigenvalue weighted by molar-refractivity contribution is 0.102. The Hall–Kier alpha value is -2.09. The van der Waals surface area contributed by atoms with Crippen LogP contribution in [0.3, 0.4) is 0 Å². The maximum atomic E-state index is 12.5. The van der Waals surface area contributed by atoms with Crippen molar-refractivity contribution < 1.29 is 9.53 Å². The number of benzene rings is 2. The average molecular weight is 406 g/mol. The first kappa shape index (κ1) is 18.7. The molecule has 0 aliphatic carbocycles. The summed E-state index contributed by atoms with van der Waals surface area (Å²) >= 11 is 8.89. The number of halogens is 1. The number of nitrogens with zero attached hydrogens (tertiary/aromatic N) is 2. The number of methoxy groups -OCH3 is 1. The van der Waals surface area contributed by atoms with Gasteiger partial charge in [-0.1, -0.05) is 64.5 Å². The molecule has 0 saturated heterocycles. The number of anilines is 1. The van der Waals surface area contributed by atoms with Crippen molar-refractivity contribution in [3.05, 3.63) is 64.2 Å². The molecule has 134 valence electrons. The quantitative estimate of drug-likeness (QED) is 0.459. The lowest BCUT2D eigenvalue weighted by atomic mass is 10.2. The molecule has 3 rings (SSSR count). The van der Waals surface area contributed by atoms with E-state index in [0.717, 1.165) is 10.1 Å². The second kappa shape index (κ2) is 8.53. The molecule has 0 radical (unpaired) electrons. The van der Waals surface area contributed by atoms with Gasteiger partial charge in [0.2, 0.25) is 5.13 Å². The summed E-state index contributed by atoms with van der Waals surface area (Å²) in [5.41, 5.74) is 2.80. The van der Waals surface area contributed by atoms with Crippen LogP contribution < -0.4 is 10.1 Å². The van der Waals surface area contributed by atoms with Crippen LogP contribution in [-0.4, -0.2) is 23.2 Å². The Morgan fingerprint density at radius 3 is 2.88 bits per heavy atom. The molecule has 0 fully saturated rings. The Kier molecular flexibility index (Phi) is 6.13. The summed E-state index contributed by atoms with van der Waals surface area (Å²) in [6.45, 7) is 2.07. The zero-order valence-electron chi connectivity index (χ0n) is 14.2. The van der Waals surface area contributed by atoms with Gasteiger partial charge in [-0.15, -0.1) is 10.2 Å². The fraction of sp³-hybridized carbons (Fsp3) is 0.167.